The maximum absolute atomic E-state index is 10.9. The van der Waals surface area contributed by atoms with Gasteiger partial charge in [0, 0.05) is 13.6 Å². The average molecular weight is 204 g/mol. The molecule has 6 heteroatoms. The number of carbonyl (C=O) groups excluding carboxylic acids is 1. The first-order chi connectivity index (χ1) is 6.45. The number of aliphatic hydroxyl groups is 1. The number of hydrogen-bond acceptors (Lipinski definition) is 4. The summed E-state index contributed by atoms with van der Waals surface area (Å²) in [7, 11) is 3.16. The number of amides is 1. The van der Waals surface area contributed by atoms with Gasteiger partial charge in [0.25, 0.3) is 0 Å². The summed E-state index contributed by atoms with van der Waals surface area (Å²) in [6.07, 6.45) is -1.25. The van der Waals surface area contributed by atoms with Crippen LogP contribution in [0.15, 0.2) is 0 Å². The van der Waals surface area contributed by atoms with Crippen LogP contribution in [-0.4, -0.2) is 60.3 Å². The number of rotatable bonds is 6. The molecule has 0 heterocycles. The van der Waals surface area contributed by atoms with Crippen LogP contribution in [0.3, 0.4) is 0 Å². The lowest BCUT2D eigenvalue weighted by Gasteiger charge is -2.18. The van der Waals surface area contributed by atoms with Crippen molar-refractivity contribution in [1.29, 1.82) is 0 Å². The summed E-state index contributed by atoms with van der Waals surface area (Å²) in [5, 5.41) is 20.0. The number of carboxylic acids is 1. The van der Waals surface area contributed by atoms with E-state index in [9.17, 15) is 14.7 Å². The van der Waals surface area contributed by atoms with Gasteiger partial charge in [-0.2, -0.15) is 0 Å². The molecule has 1 atom stereocenters. The van der Waals surface area contributed by atoms with Crippen molar-refractivity contribution in [2.75, 3.05) is 27.2 Å². The van der Waals surface area contributed by atoms with Crippen molar-refractivity contribution in [3.05, 3.63) is 0 Å². The van der Waals surface area contributed by atoms with Crippen LogP contribution >= 0.6 is 0 Å². The second kappa shape index (κ2) is 6.33. The Balaban J connectivity index is 3.75. The second-order valence-corrected chi connectivity index (χ2v) is 3.12. The number of aliphatic hydroxyl groups excluding tert-OH is 1. The zero-order chi connectivity index (χ0) is 11.1. The first kappa shape index (κ1) is 12.9. The molecule has 0 fully saturated rings. The SMILES string of the molecule is CNC(=O)CN(C)CC(O)CC(=O)O. The van der Waals surface area contributed by atoms with E-state index in [1.54, 1.807) is 11.9 Å². The van der Waals surface area contributed by atoms with Crippen LogP contribution in [0, 0.1) is 0 Å². The van der Waals surface area contributed by atoms with Crippen LogP contribution in [0.5, 0.6) is 0 Å². The number of likely N-dealkylation sites (N-methyl/N-ethyl adjacent to an activating group) is 2. The molecule has 82 valence electrons. The van der Waals surface area contributed by atoms with Gasteiger partial charge in [0.1, 0.15) is 0 Å². The Morgan fingerprint density at radius 3 is 2.50 bits per heavy atom. The quantitative estimate of drug-likeness (QED) is 0.490. The summed E-state index contributed by atoms with van der Waals surface area (Å²) in [6, 6.07) is 0. The van der Waals surface area contributed by atoms with Crippen LogP contribution in [0.4, 0.5) is 0 Å². The van der Waals surface area contributed by atoms with Gasteiger partial charge in [-0.05, 0) is 7.05 Å². The molecule has 0 aromatic heterocycles. The molecule has 0 bridgehead atoms. The van der Waals surface area contributed by atoms with Crippen LogP contribution in [0.1, 0.15) is 6.42 Å². The molecule has 0 aliphatic heterocycles. The monoisotopic (exact) mass is 204 g/mol. The summed E-state index contributed by atoms with van der Waals surface area (Å²) in [5.74, 6) is -1.22. The van der Waals surface area contributed by atoms with E-state index in [1.165, 1.54) is 7.05 Å². The van der Waals surface area contributed by atoms with Gasteiger partial charge >= 0.3 is 5.97 Å². The molecule has 0 aliphatic carbocycles. The minimum absolute atomic E-state index is 0.146. The number of nitrogens with one attached hydrogen (secondary N) is 1. The smallest absolute Gasteiger partial charge is 0.306 e. The zero-order valence-corrected chi connectivity index (χ0v) is 8.36. The fraction of sp³-hybridized carbons (Fsp3) is 0.750. The van der Waals surface area contributed by atoms with E-state index in [0.29, 0.717) is 0 Å². The van der Waals surface area contributed by atoms with Crippen LogP contribution in [0.2, 0.25) is 0 Å². The van der Waals surface area contributed by atoms with Gasteiger partial charge in [-0.1, -0.05) is 0 Å². The lowest BCUT2D eigenvalue weighted by atomic mass is 10.2. The van der Waals surface area contributed by atoms with Crippen LogP contribution in [-0.2, 0) is 9.59 Å². The summed E-state index contributed by atoms with van der Waals surface area (Å²) in [5.41, 5.74) is 0. The molecule has 0 aromatic carbocycles. The molecule has 1 amide bonds. The van der Waals surface area contributed by atoms with Gasteiger partial charge < -0.3 is 15.5 Å². The molecule has 14 heavy (non-hydrogen) atoms. The predicted octanol–water partition coefficient (Wildman–Crippen LogP) is -1.50. The Bertz CT molecular complexity index is 208. The zero-order valence-electron chi connectivity index (χ0n) is 8.36. The molecule has 3 N–H and O–H groups in total. The summed E-state index contributed by atoms with van der Waals surface area (Å²) in [6.45, 7) is 0.312. The Morgan fingerprint density at radius 2 is 2.07 bits per heavy atom. The topological polar surface area (TPSA) is 89.9 Å². The van der Waals surface area contributed by atoms with Crippen molar-refractivity contribution in [3.63, 3.8) is 0 Å². The third-order valence-corrected chi connectivity index (χ3v) is 1.63. The van der Waals surface area contributed by atoms with Crippen molar-refractivity contribution in [3.8, 4) is 0 Å². The number of aliphatic carboxylic acids is 1. The van der Waals surface area contributed by atoms with Crippen molar-refractivity contribution in [2.45, 2.75) is 12.5 Å². The first-order valence-corrected chi connectivity index (χ1v) is 4.24. The van der Waals surface area contributed by atoms with E-state index in [1.807, 2.05) is 0 Å². The van der Waals surface area contributed by atoms with Crippen molar-refractivity contribution < 1.29 is 19.8 Å². The van der Waals surface area contributed by atoms with E-state index in [4.69, 9.17) is 5.11 Å². The third kappa shape index (κ3) is 6.38. The van der Waals surface area contributed by atoms with Crippen LogP contribution in [0.25, 0.3) is 0 Å². The Labute approximate surface area is 82.5 Å². The van der Waals surface area contributed by atoms with Gasteiger partial charge in [0.2, 0.25) is 5.91 Å². The maximum Gasteiger partial charge on any atom is 0.306 e. The molecular weight excluding hydrogens is 188 g/mol. The lowest BCUT2D eigenvalue weighted by Crippen LogP contribution is -2.37. The number of carbonyl (C=O) groups is 2. The van der Waals surface area contributed by atoms with E-state index >= 15 is 0 Å². The molecule has 0 radical (unpaired) electrons. The number of hydrogen-bond donors (Lipinski definition) is 3. The van der Waals surface area contributed by atoms with E-state index in [0.717, 1.165) is 0 Å². The van der Waals surface area contributed by atoms with Gasteiger partial charge in [0.05, 0.1) is 19.1 Å². The highest BCUT2D eigenvalue weighted by atomic mass is 16.4. The molecule has 0 aromatic rings. The first-order valence-electron chi connectivity index (χ1n) is 4.24. The molecule has 0 saturated heterocycles. The Morgan fingerprint density at radius 1 is 1.50 bits per heavy atom. The molecule has 6 nitrogen and oxygen atoms in total. The van der Waals surface area contributed by atoms with E-state index < -0.39 is 12.1 Å². The molecule has 0 aliphatic rings. The summed E-state index contributed by atoms with van der Waals surface area (Å²) < 4.78 is 0. The fourth-order valence-corrected chi connectivity index (χ4v) is 1.01. The van der Waals surface area contributed by atoms with E-state index in [-0.39, 0.29) is 25.4 Å². The van der Waals surface area contributed by atoms with Gasteiger partial charge in [-0.15, -0.1) is 0 Å². The molecule has 0 rings (SSSR count). The minimum Gasteiger partial charge on any atom is -0.481 e. The normalized spacial score (nSPS) is 12.6. The Hall–Kier alpha value is -1.14. The van der Waals surface area contributed by atoms with E-state index in [2.05, 4.69) is 5.32 Å². The number of carboxylic acid groups (broad SMARTS) is 1. The molecular formula is C8H16N2O4. The van der Waals surface area contributed by atoms with Crippen molar-refractivity contribution in [2.24, 2.45) is 0 Å². The van der Waals surface area contributed by atoms with Gasteiger partial charge in [-0.25, -0.2) is 0 Å². The Kier molecular flexibility index (Phi) is 5.82. The highest BCUT2D eigenvalue weighted by Gasteiger charge is 2.13. The highest BCUT2D eigenvalue weighted by Crippen LogP contribution is 1.94. The summed E-state index contributed by atoms with van der Waals surface area (Å²) in [4.78, 5) is 22.6. The molecule has 1 unspecified atom stereocenters. The highest BCUT2D eigenvalue weighted by molar-refractivity contribution is 5.77. The minimum atomic E-state index is -1.05. The van der Waals surface area contributed by atoms with Crippen LogP contribution < -0.4 is 5.32 Å². The van der Waals surface area contributed by atoms with Crippen molar-refractivity contribution in [1.82, 2.24) is 10.2 Å². The molecule has 0 spiro atoms. The maximum atomic E-state index is 10.9. The standard InChI is InChI=1S/C8H16N2O4/c1-9-7(12)5-10(2)4-6(11)3-8(13)14/h6,11H,3-5H2,1-2H3,(H,9,12)(H,13,14). The number of nitrogens with zero attached hydrogens (tertiary/aromatic N) is 1. The fourth-order valence-electron chi connectivity index (χ4n) is 1.01. The van der Waals surface area contributed by atoms with Gasteiger partial charge in [0.15, 0.2) is 0 Å². The second-order valence-electron chi connectivity index (χ2n) is 3.12. The average Bonchev–Trinajstić information content (AvgIpc) is 2.01. The predicted molar refractivity (Wildman–Crippen MR) is 49.8 cm³/mol. The van der Waals surface area contributed by atoms with Crippen molar-refractivity contribution >= 4 is 11.9 Å². The van der Waals surface area contributed by atoms with Gasteiger partial charge in [-0.3, -0.25) is 14.5 Å². The lowest BCUT2D eigenvalue weighted by molar-refractivity contribution is -0.139. The molecule has 0 saturated carbocycles. The largest absolute Gasteiger partial charge is 0.481 e. The third-order valence-electron chi connectivity index (χ3n) is 1.63. The summed E-state index contributed by atoms with van der Waals surface area (Å²) >= 11 is 0.